The zero-order valence-electron chi connectivity index (χ0n) is 20.4. The number of hydrogen-bond donors (Lipinski definition) is 5. The molecule has 2 aromatic carbocycles. The van der Waals surface area contributed by atoms with Crippen LogP contribution >= 0.6 is 0 Å². The van der Waals surface area contributed by atoms with Crippen molar-refractivity contribution in [3.63, 3.8) is 0 Å². The molecular formula is C26H38N4O3. The Morgan fingerprint density at radius 2 is 1.76 bits per heavy atom. The Bertz CT molecular complexity index is 941. The number of nitrogens with one attached hydrogen (secondary N) is 4. The number of rotatable bonds is 10. The number of phenols is 1. The molecule has 7 nitrogen and oxygen atoms in total. The van der Waals surface area contributed by atoms with Crippen LogP contribution in [-0.2, 0) is 12.0 Å². The molecule has 0 radical (unpaired) electrons. The molecule has 0 unspecified atom stereocenters. The molecule has 0 aromatic heterocycles. The van der Waals surface area contributed by atoms with Crippen molar-refractivity contribution in [2.24, 2.45) is 0 Å². The topological polar surface area (TPSA) is 102 Å². The van der Waals surface area contributed by atoms with E-state index in [0.29, 0.717) is 19.6 Å². The molecule has 0 aliphatic rings. The average molecular weight is 455 g/mol. The first-order valence-corrected chi connectivity index (χ1v) is 11.6. The van der Waals surface area contributed by atoms with Crippen LogP contribution in [0.2, 0.25) is 0 Å². The van der Waals surface area contributed by atoms with Gasteiger partial charge in [0.1, 0.15) is 5.75 Å². The molecule has 0 atom stereocenters. The van der Waals surface area contributed by atoms with Crippen molar-refractivity contribution in [1.82, 2.24) is 21.3 Å². The highest BCUT2D eigenvalue weighted by atomic mass is 16.3. The second kappa shape index (κ2) is 12.1. The predicted molar refractivity (Wildman–Crippen MR) is 133 cm³/mol. The van der Waals surface area contributed by atoms with Crippen molar-refractivity contribution in [1.29, 1.82) is 0 Å². The number of carbonyl (C=O) groups excluding carboxylic acids is 2. The summed E-state index contributed by atoms with van der Waals surface area (Å²) in [6.45, 7) is 11.6. The highest BCUT2D eigenvalue weighted by Crippen LogP contribution is 2.36. The molecule has 0 bridgehead atoms. The first-order chi connectivity index (χ1) is 15.6. The van der Waals surface area contributed by atoms with Gasteiger partial charge in [-0.15, -0.1) is 0 Å². The molecule has 0 heterocycles. The van der Waals surface area contributed by atoms with Crippen molar-refractivity contribution in [2.45, 2.75) is 65.5 Å². The van der Waals surface area contributed by atoms with Crippen molar-refractivity contribution in [3.05, 3.63) is 53.6 Å². The van der Waals surface area contributed by atoms with E-state index in [2.05, 4.69) is 35.1 Å². The second-order valence-electron chi connectivity index (χ2n) is 9.19. The summed E-state index contributed by atoms with van der Waals surface area (Å²) < 4.78 is 0. The highest BCUT2D eigenvalue weighted by Gasteiger charge is 2.22. The summed E-state index contributed by atoms with van der Waals surface area (Å²) in [6.07, 6.45) is 1.70. The van der Waals surface area contributed by atoms with Crippen LogP contribution in [0.5, 0.6) is 5.75 Å². The minimum atomic E-state index is -0.201. The maximum Gasteiger partial charge on any atom is 0.315 e. The number of hydrogen-bond acceptors (Lipinski definition) is 3. The third-order valence-electron chi connectivity index (χ3n) is 5.49. The Kier molecular flexibility index (Phi) is 9.57. The van der Waals surface area contributed by atoms with Gasteiger partial charge in [-0.05, 0) is 67.9 Å². The minimum Gasteiger partial charge on any atom is -0.507 e. The smallest absolute Gasteiger partial charge is 0.315 e. The van der Waals surface area contributed by atoms with Gasteiger partial charge in [-0.3, -0.25) is 0 Å². The monoisotopic (exact) mass is 454 g/mol. The van der Waals surface area contributed by atoms with Gasteiger partial charge in [-0.2, -0.15) is 0 Å². The van der Waals surface area contributed by atoms with E-state index < -0.39 is 0 Å². The lowest BCUT2D eigenvalue weighted by molar-refractivity contribution is 0.237. The molecule has 180 valence electrons. The van der Waals surface area contributed by atoms with Gasteiger partial charge < -0.3 is 26.4 Å². The van der Waals surface area contributed by atoms with Crippen LogP contribution in [0.25, 0.3) is 11.1 Å². The Hall–Kier alpha value is -3.22. The minimum absolute atomic E-state index is 0.112. The lowest BCUT2D eigenvalue weighted by Crippen LogP contribution is -2.40. The molecule has 5 N–H and O–H groups in total. The van der Waals surface area contributed by atoms with E-state index in [1.807, 2.05) is 63.2 Å². The highest BCUT2D eigenvalue weighted by molar-refractivity contribution is 5.74. The van der Waals surface area contributed by atoms with E-state index >= 15 is 0 Å². The van der Waals surface area contributed by atoms with Gasteiger partial charge in [0.05, 0.1) is 0 Å². The number of aromatic hydroxyl groups is 1. The van der Waals surface area contributed by atoms with Crippen LogP contribution in [0.3, 0.4) is 0 Å². The van der Waals surface area contributed by atoms with E-state index in [1.54, 1.807) is 0 Å². The number of benzene rings is 2. The zero-order chi connectivity index (χ0) is 24.4. The van der Waals surface area contributed by atoms with Crippen LogP contribution in [-0.4, -0.2) is 36.3 Å². The normalized spacial score (nSPS) is 11.2. The van der Waals surface area contributed by atoms with Crippen molar-refractivity contribution >= 4 is 12.1 Å². The quantitative estimate of drug-likeness (QED) is 0.338. The maximum atomic E-state index is 11.7. The lowest BCUT2D eigenvalue weighted by atomic mass is 9.80. The Labute approximate surface area is 197 Å². The van der Waals surface area contributed by atoms with Crippen LogP contribution in [0.15, 0.2) is 42.5 Å². The largest absolute Gasteiger partial charge is 0.507 e. The SMILES string of the molecule is CCNC(=O)NCc1cccc(-c2ccc(C(C)(C)CCCNC(=O)NC(C)C)cc2O)c1. The fourth-order valence-corrected chi connectivity index (χ4v) is 3.64. The average Bonchev–Trinajstić information content (AvgIpc) is 2.75. The molecule has 0 aliphatic carbocycles. The van der Waals surface area contributed by atoms with Crippen molar-refractivity contribution in [2.75, 3.05) is 13.1 Å². The molecule has 0 aliphatic heterocycles. The third-order valence-corrected chi connectivity index (χ3v) is 5.49. The van der Waals surface area contributed by atoms with Gasteiger partial charge in [0.15, 0.2) is 0 Å². The summed E-state index contributed by atoms with van der Waals surface area (Å²) >= 11 is 0. The van der Waals surface area contributed by atoms with Crippen molar-refractivity contribution < 1.29 is 14.7 Å². The van der Waals surface area contributed by atoms with Gasteiger partial charge in [-0.25, -0.2) is 9.59 Å². The molecule has 2 aromatic rings. The maximum absolute atomic E-state index is 11.7. The van der Waals surface area contributed by atoms with Gasteiger partial charge in [0, 0.05) is 31.2 Å². The standard InChI is InChI=1S/C26H38N4O3/c1-6-27-24(32)29-17-19-9-7-10-20(15-19)22-12-11-21(16-23(22)31)26(4,5)13-8-14-28-25(33)30-18(2)3/h7,9-12,15-16,18,31H,6,8,13-14,17H2,1-5H3,(H2,27,29,32)(H2,28,30,33). The first-order valence-electron chi connectivity index (χ1n) is 11.6. The van der Waals surface area contributed by atoms with Crippen LogP contribution in [0, 0.1) is 0 Å². The number of urea groups is 2. The molecule has 0 saturated carbocycles. The Balaban J connectivity index is 2.01. The lowest BCUT2D eigenvalue weighted by Gasteiger charge is -2.26. The molecule has 0 spiro atoms. The summed E-state index contributed by atoms with van der Waals surface area (Å²) in [4.78, 5) is 23.4. The third kappa shape index (κ3) is 8.33. The van der Waals surface area contributed by atoms with E-state index in [9.17, 15) is 14.7 Å². The molecule has 2 rings (SSSR count). The molecule has 7 heteroatoms. The van der Waals surface area contributed by atoms with Crippen LogP contribution in [0.4, 0.5) is 9.59 Å². The summed E-state index contributed by atoms with van der Waals surface area (Å²) in [5.41, 5.74) is 3.50. The Morgan fingerprint density at radius 1 is 1.00 bits per heavy atom. The fraction of sp³-hybridized carbons (Fsp3) is 0.462. The molecule has 0 saturated heterocycles. The van der Waals surface area contributed by atoms with Crippen molar-refractivity contribution in [3.8, 4) is 16.9 Å². The molecule has 0 fully saturated rings. The molecular weight excluding hydrogens is 416 g/mol. The first kappa shape index (κ1) is 26.0. The Morgan fingerprint density at radius 3 is 2.42 bits per heavy atom. The van der Waals surface area contributed by atoms with Crippen LogP contribution < -0.4 is 21.3 Å². The number of phenolic OH excluding ortho intramolecular Hbond substituents is 1. The fourth-order valence-electron chi connectivity index (χ4n) is 3.64. The summed E-state index contributed by atoms with van der Waals surface area (Å²) in [5.74, 6) is 0.226. The second-order valence-corrected chi connectivity index (χ2v) is 9.19. The van der Waals surface area contributed by atoms with E-state index in [-0.39, 0.29) is 29.3 Å². The number of amides is 4. The van der Waals surface area contributed by atoms with E-state index in [4.69, 9.17) is 0 Å². The molecule has 33 heavy (non-hydrogen) atoms. The summed E-state index contributed by atoms with van der Waals surface area (Å²) in [7, 11) is 0. The molecule has 4 amide bonds. The summed E-state index contributed by atoms with van der Waals surface area (Å²) in [5, 5.41) is 22.0. The van der Waals surface area contributed by atoms with Gasteiger partial charge in [0.25, 0.3) is 0 Å². The van der Waals surface area contributed by atoms with Gasteiger partial charge in [0.2, 0.25) is 0 Å². The van der Waals surface area contributed by atoms with Crippen LogP contribution in [0.1, 0.15) is 58.6 Å². The number of carbonyl (C=O) groups is 2. The summed E-state index contributed by atoms with van der Waals surface area (Å²) in [6, 6.07) is 13.4. The van der Waals surface area contributed by atoms with E-state index in [0.717, 1.165) is 35.1 Å². The van der Waals surface area contributed by atoms with E-state index in [1.165, 1.54) is 0 Å². The van der Waals surface area contributed by atoms with Gasteiger partial charge >= 0.3 is 12.1 Å². The predicted octanol–water partition coefficient (Wildman–Crippen LogP) is 4.64. The van der Waals surface area contributed by atoms with Gasteiger partial charge in [-0.1, -0.05) is 44.2 Å². The zero-order valence-corrected chi connectivity index (χ0v) is 20.4.